The van der Waals surface area contributed by atoms with Crippen LogP contribution in [0, 0.1) is 5.82 Å². The molecule has 0 fully saturated rings. The summed E-state index contributed by atoms with van der Waals surface area (Å²) in [6.45, 7) is 0. The van der Waals surface area contributed by atoms with Gasteiger partial charge < -0.3 is 10.1 Å². The summed E-state index contributed by atoms with van der Waals surface area (Å²) in [4.78, 5) is 2.80. The molecule has 0 saturated heterocycles. The normalized spacial score (nSPS) is 10.6. The Morgan fingerprint density at radius 1 is 1.36 bits per heavy atom. The molecular weight excluding hydrogens is 145 g/mol. The van der Waals surface area contributed by atoms with Crippen molar-refractivity contribution < 1.29 is 9.50 Å². The number of H-pyrrole nitrogens is 1. The van der Waals surface area contributed by atoms with Crippen LogP contribution >= 0.6 is 0 Å². The Labute approximate surface area is 62.3 Å². The van der Waals surface area contributed by atoms with Gasteiger partial charge in [0, 0.05) is 17.6 Å². The first-order valence-corrected chi connectivity index (χ1v) is 3.23. The van der Waals surface area contributed by atoms with Gasteiger partial charge in [-0.3, -0.25) is 0 Å². The number of hydrogen-bond acceptors (Lipinski definition) is 1. The number of halogens is 1. The van der Waals surface area contributed by atoms with Crippen LogP contribution in [0.2, 0.25) is 0 Å². The maximum absolute atomic E-state index is 12.6. The molecule has 0 bridgehead atoms. The first kappa shape index (κ1) is 6.22. The van der Waals surface area contributed by atoms with Crippen LogP contribution in [0.15, 0.2) is 24.4 Å². The number of benzene rings is 1. The average Bonchev–Trinajstić information content (AvgIpc) is 2.34. The summed E-state index contributed by atoms with van der Waals surface area (Å²) < 4.78 is 12.6. The largest absolute Gasteiger partial charge is 0.506 e. The second-order valence-corrected chi connectivity index (χ2v) is 2.37. The first-order chi connectivity index (χ1) is 5.27. The fraction of sp³-hybridized carbons (Fsp3) is 0. The van der Waals surface area contributed by atoms with E-state index in [4.69, 9.17) is 5.11 Å². The average molecular weight is 151 g/mol. The maximum Gasteiger partial charge on any atom is 0.142 e. The molecular formula is C8H6FNO. The molecule has 1 aromatic carbocycles. The molecule has 0 spiro atoms. The lowest BCUT2D eigenvalue weighted by Crippen LogP contribution is -1.74. The highest BCUT2D eigenvalue weighted by molar-refractivity contribution is 5.84. The molecule has 0 aliphatic heterocycles. The summed E-state index contributed by atoms with van der Waals surface area (Å²) in [5.41, 5.74) is 0.575. The number of aromatic hydroxyl groups is 1. The lowest BCUT2D eigenvalue weighted by atomic mass is 10.2. The molecule has 2 N–H and O–H groups in total. The van der Waals surface area contributed by atoms with Crippen LogP contribution in [0.4, 0.5) is 4.39 Å². The molecule has 2 rings (SSSR count). The number of phenolic OH excluding ortho intramolecular Hbond substituents is 1. The third kappa shape index (κ3) is 0.852. The van der Waals surface area contributed by atoms with Crippen LogP contribution < -0.4 is 0 Å². The third-order valence-corrected chi connectivity index (χ3v) is 1.60. The molecule has 0 amide bonds. The zero-order chi connectivity index (χ0) is 7.84. The van der Waals surface area contributed by atoms with Crippen LogP contribution in [-0.2, 0) is 0 Å². The Hall–Kier alpha value is -1.51. The van der Waals surface area contributed by atoms with E-state index >= 15 is 0 Å². The number of fused-ring (bicyclic) bond motifs is 1. The quantitative estimate of drug-likeness (QED) is 0.593. The fourth-order valence-corrected chi connectivity index (χ4v) is 1.12. The van der Waals surface area contributed by atoms with Gasteiger partial charge in [0.15, 0.2) is 0 Å². The van der Waals surface area contributed by atoms with Gasteiger partial charge in [0.05, 0.1) is 5.52 Å². The van der Waals surface area contributed by atoms with E-state index in [1.807, 2.05) is 0 Å². The summed E-state index contributed by atoms with van der Waals surface area (Å²) in [6.07, 6.45) is 1.66. The van der Waals surface area contributed by atoms with Crippen molar-refractivity contribution in [3.63, 3.8) is 0 Å². The summed E-state index contributed by atoms with van der Waals surface area (Å²) in [6, 6.07) is 4.16. The van der Waals surface area contributed by atoms with E-state index in [1.54, 1.807) is 12.3 Å². The van der Waals surface area contributed by atoms with Gasteiger partial charge in [0.2, 0.25) is 0 Å². The van der Waals surface area contributed by atoms with Crippen molar-refractivity contribution in [3.05, 3.63) is 30.2 Å². The van der Waals surface area contributed by atoms with Crippen LogP contribution in [0.25, 0.3) is 10.9 Å². The van der Waals surface area contributed by atoms with Crippen molar-refractivity contribution in [2.75, 3.05) is 0 Å². The molecule has 0 aliphatic rings. The number of aromatic nitrogens is 1. The molecule has 0 unspecified atom stereocenters. The molecule has 0 radical (unpaired) electrons. The van der Waals surface area contributed by atoms with Crippen LogP contribution in [-0.4, -0.2) is 10.1 Å². The summed E-state index contributed by atoms with van der Waals surface area (Å²) >= 11 is 0. The Morgan fingerprint density at radius 3 is 3.00 bits per heavy atom. The van der Waals surface area contributed by atoms with E-state index in [-0.39, 0.29) is 5.75 Å². The van der Waals surface area contributed by atoms with Gasteiger partial charge in [-0.1, -0.05) is 0 Å². The van der Waals surface area contributed by atoms with Crippen LogP contribution in [0.3, 0.4) is 0 Å². The fourth-order valence-electron chi connectivity index (χ4n) is 1.12. The van der Waals surface area contributed by atoms with Gasteiger partial charge in [-0.25, -0.2) is 4.39 Å². The van der Waals surface area contributed by atoms with E-state index in [0.717, 1.165) is 6.07 Å². The molecule has 2 aromatic rings. The van der Waals surface area contributed by atoms with E-state index in [1.165, 1.54) is 6.07 Å². The molecule has 0 saturated carbocycles. The second kappa shape index (κ2) is 1.99. The van der Waals surface area contributed by atoms with Crippen LogP contribution in [0.1, 0.15) is 0 Å². The highest BCUT2D eigenvalue weighted by atomic mass is 19.1. The standard InChI is InChI=1S/C8H6FNO/c9-6-3-5-1-2-10-8(5)7(11)4-6/h1-4,10-11H. The topological polar surface area (TPSA) is 36.0 Å². The summed E-state index contributed by atoms with van der Waals surface area (Å²) in [5.74, 6) is -0.473. The Balaban J connectivity index is 2.91. The number of phenols is 1. The summed E-state index contributed by atoms with van der Waals surface area (Å²) in [5, 5.41) is 9.85. The second-order valence-electron chi connectivity index (χ2n) is 2.37. The summed E-state index contributed by atoms with van der Waals surface area (Å²) in [7, 11) is 0. The zero-order valence-electron chi connectivity index (χ0n) is 5.63. The third-order valence-electron chi connectivity index (χ3n) is 1.60. The molecule has 0 atom stereocenters. The first-order valence-electron chi connectivity index (χ1n) is 3.23. The minimum absolute atomic E-state index is 0.0509. The molecule has 3 heteroatoms. The van der Waals surface area contributed by atoms with Gasteiger partial charge in [-0.2, -0.15) is 0 Å². The number of rotatable bonds is 0. The van der Waals surface area contributed by atoms with Gasteiger partial charge in [0.25, 0.3) is 0 Å². The Kier molecular flexibility index (Phi) is 1.12. The predicted molar refractivity (Wildman–Crippen MR) is 39.9 cm³/mol. The number of aromatic amines is 1. The van der Waals surface area contributed by atoms with Crippen molar-refractivity contribution in [1.82, 2.24) is 4.98 Å². The van der Waals surface area contributed by atoms with E-state index in [9.17, 15) is 4.39 Å². The molecule has 2 nitrogen and oxygen atoms in total. The SMILES string of the molecule is Oc1cc(F)cc2cc[nH]c12. The van der Waals surface area contributed by atoms with Gasteiger partial charge >= 0.3 is 0 Å². The smallest absolute Gasteiger partial charge is 0.142 e. The van der Waals surface area contributed by atoms with Crippen molar-refractivity contribution in [3.8, 4) is 5.75 Å². The van der Waals surface area contributed by atoms with Crippen molar-refractivity contribution in [1.29, 1.82) is 0 Å². The minimum atomic E-state index is -0.422. The van der Waals surface area contributed by atoms with Crippen molar-refractivity contribution in [2.24, 2.45) is 0 Å². The molecule has 1 aromatic heterocycles. The molecule has 56 valence electrons. The number of hydrogen-bond donors (Lipinski definition) is 2. The van der Waals surface area contributed by atoms with Gasteiger partial charge in [-0.05, 0) is 12.1 Å². The van der Waals surface area contributed by atoms with Gasteiger partial charge in [0.1, 0.15) is 11.6 Å². The lowest BCUT2D eigenvalue weighted by Gasteiger charge is -1.94. The lowest BCUT2D eigenvalue weighted by molar-refractivity contribution is 0.474. The Morgan fingerprint density at radius 2 is 2.18 bits per heavy atom. The van der Waals surface area contributed by atoms with Crippen molar-refractivity contribution in [2.45, 2.75) is 0 Å². The maximum atomic E-state index is 12.6. The van der Waals surface area contributed by atoms with Gasteiger partial charge in [-0.15, -0.1) is 0 Å². The van der Waals surface area contributed by atoms with Crippen LogP contribution in [0.5, 0.6) is 5.75 Å². The highest BCUT2D eigenvalue weighted by Gasteiger charge is 2.01. The monoisotopic (exact) mass is 151 g/mol. The molecule has 1 heterocycles. The number of nitrogens with one attached hydrogen (secondary N) is 1. The van der Waals surface area contributed by atoms with Crippen molar-refractivity contribution >= 4 is 10.9 Å². The zero-order valence-corrected chi connectivity index (χ0v) is 5.63. The minimum Gasteiger partial charge on any atom is -0.506 e. The Bertz CT molecular complexity index is 394. The molecule has 11 heavy (non-hydrogen) atoms. The molecule has 0 aliphatic carbocycles. The van der Waals surface area contributed by atoms with E-state index in [0.29, 0.717) is 10.9 Å². The highest BCUT2D eigenvalue weighted by Crippen LogP contribution is 2.23. The van der Waals surface area contributed by atoms with E-state index < -0.39 is 5.82 Å². The van der Waals surface area contributed by atoms with E-state index in [2.05, 4.69) is 4.98 Å². The predicted octanol–water partition coefficient (Wildman–Crippen LogP) is 2.01.